The van der Waals surface area contributed by atoms with Crippen LogP contribution in [-0.2, 0) is 14.3 Å². The van der Waals surface area contributed by atoms with Gasteiger partial charge in [0.05, 0.1) is 34.7 Å². The smallest absolute Gasteiger partial charge is 0.338 e. The van der Waals surface area contributed by atoms with Gasteiger partial charge >= 0.3 is 5.97 Å². The molecule has 2 aliphatic rings. The zero-order valence-electron chi connectivity index (χ0n) is 20.9. The number of aromatic nitrogens is 1. The predicted molar refractivity (Wildman–Crippen MR) is 140 cm³/mol. The predicted octanol–water partition coefficient (Wildman–Crippen LogP) is 3.23. The minimum Gasteiger partial charge on any atom is -0.459 e. The highest BCUT2D eigenvalue weighted by Crippen LogP contribution is 2.35. The molecule has 0 N–H and O–H groups in total. The SMILES string of the molecule is CCN1C(=O)/C(=c2\sc3n(c2=O)C(c2ccc(C)cc2)C(C(=O)OC(C)C)=C(C)N=3)c2ccccc21. The summed E-state index contributed by atoms with van der Waals surface area (Å²) in [6.45, 7) is 9.71. The lowest BCUT2D eigenvalue weighted by Gasteiger charge is -2.25. The van der Waals surface area contributed by atoms with Crippen LogP contribution in [0.1, 0.15) is 50.4 Å². The number of anilines is 1. The van der Waals surface area contributed by atoms with E-state index in [0.717, 1.165) is 22.4 Å². The topological polar surface area (TPSA) is 81.0 Å². The van der Waals surface area contributed by atoms with Gasteiger partial charge in [-0.1, -0.05) is 59.4 Å². The largest absolute Gasteiger partial charge is 0.459 e. The average molecular weight is 502 g/mol. The molecule has 0 aliphatic carbocycles. The average Bonchev–Trinajstić information content (AvgIpc) is 3.30. The quantitative estimate of drug-likeness (QED) is 0.514. The molecule has 0 fully saturated rings. The molecule has 7 nitrogen and oxygen atoms in total. The number of allylic oxidation sites excluding steroid dienone is 1. The molecule has 3 aromatic rings. The van der Waals surface area contributed by atoms with Crippen LogP contribution in [0.25, 0.3) is 5.57 Å². The summed E-state index contributed by atoms with van der Waals surface area (Å²) < 4.78 is 7.41. The number of hydrogen-bond donors (Lipinski definition) is 0. The molecule has 0 saturated heterocycles. The van der Waals surface area contributed by atoms with E-state index in [0.29, 0.717) is 32.7 Å². The second-order valence-corrected chi connectivity index (χ2v) is 10.2. The van der Waals surface area contributed by atoms with Gasteiger partial charge in [0.2, 0.25) is 0 Å². The highest BCUT2D eigenvalue weighted by atomic mass is 32.1. The van der Waals surface area contributed by atoms with Crippen molar-refractivity contribution in [3.8, 4) is 0 Å². The van der Waals surface area contributed by atoms with E-state index in [1.165, 1.54) is 15.9 Å². The fourth-order valence-corrected chi connectivity index (χ4v) is 5.92. The number of thiazole rings is 1. The molecule has 184 valence electrons. The minimum atomic E-state index is -0.712. The Morgan fingerprint density at radius 2 is 1.78 bits per heavy atom. The summed E-state index contributed by atoms with van der Waals surface area (Å²) in [5.41, 5.74) is 4.22. The summed E-state index contributed by atoms with van der Waals surface area (Å²) >= 11 is 1.19. The van der Waals surface area contributed by atoms with Gasteiger partial charge in [0.15, 0.2) is 4.80 Å². The number of para-hydroxylation sites is 1. The van der Waals surface area contributed by atoms with Crippen molar-refractivity contribution in [2.24, 2.45) is 4.99 Å². The molecule has 3 heterocycles. The van der Waals surface area contributed by atoms with Crippen molar-refractivity contribution in [2.45, 2.75) is 46.8 Å². The van der Waals surface area contributed by atoms with E-state index in [9.17, 15) is 14.4 Å². The highest BCUT2D eigenvalue weighted by molar-refractivity contribution is 7.07. The number of esters is 1. The lowest BCUT2D eigenvalue weighted by atomic mass is 9.95. The van der Waals surface area contributed by atoms with Gasteiger partial charge in [-0.2, -0.15) is 0 Å². The number of carbonyl (C=O) groups is 2. The fourth-order valence-electron chi connectivity index (χ4n) is 4.79. The second kappa shape index (κ2) is 9.02. The number of benzene rings is 2. The monoisotopic (exact) mass is 501 g/mol. The molecule has 0 bridgehead atoms. The standard InChI is InChI=1S/C28H27N3O4S/c1-6-30-20-10-8-7-9-19(20)22(25(30)32)24-26(33)31-23(18-13-11-16(4)12-14-18)21(27(34)35-15(2)3)17(5)29-28(31)36-24/h7-15,23H,6H2,1-5H3/b24-22-. The van der Waals surface area contributed by atoms with E-state index in [1.54, 1.807) is 25.7 Å². The summed E-state index contributed by atoms with van der Waals surface area (Å²) in [6, 6.07) is 14.5. The molecular weight excluding hydrogens is 474 g/mol. The van der Waals surface area contributed by atoms with Gasteiger partial charge in [-0.15, -0.1) is 0 Å². The number of rotatable bonds is 4. The second-order valence-electron chi connectivity index (χ2n) is 9.21. The van der Waals surface area contributed by atoms with Gasteiger partial charge in [0, 0.05) is 12.1 Å². The minimum absolute atomic E-state index is 0.203. The Hall–Kier alpha value is -3.78. The van der Waals surface area contributed by atoms with E-state index in [2.05, 4.69) is 4.99 Å². The number of ether oxygens (including phenoxy) is 1. The van der Waals surface area contributed by atoms with Crippen molar-refractivity contribution >= 4 is 34.5 Å². The fraction of sp³-hybridized carbons (Fsp3) is 0.286. The number of likely N-dealkylation sites (N-methyl/N-ethyl adjacent to an activating group) is 1. The lowest BCUT2D eigenvalue weighted by Crippen LogP contribution is -2.41. The summed E-state index contributed by atoms with van der Waals surface area (Å²) in [5.74, 6) is -0.708. The molecule has 0 radical (unpaired) electrons. The Labute approximate surface area is 212 Å². The molecule has 1 unspecified atom stereocenters. The number of carbonyl (C=O) groups excluding carboxylic acids is 2. The lowest BCUT2D eigenvalue weighted by molar-refractivity contribution is -0.143. The van der Waals surface area contributed by atoms with E-state index < -0.39 is 12.0 Å². The van der Waals surface area contributed by atoms with Gasteiger partial charge in [0.25, 0.3) is 11.5 Å². The van der Waals surface area contributed by atoms with E-state index in [-0.39, 0.29) is 17.6 Å². The molecule has 36 heavy (non-hydrogen) atoms. The first-order chi connectivity index (χ1) is 17.2. The van der Waals surface area contributed by atoms with Crippen molar-refractivity contribution in [2.75, 3.05) is 11.4 Å². The van der Waals surface area contributed by atoms with Crippen LogP contribution in [0, 0.1) is 6.92 Å². The van der Waals surface area contributed by atoms with Gasteiger partial charge < -0.3 is 9.64 Å². The zero-order chi connectivity index (χ0) is 25.7. The molecular formula is C28H27N3O4S. The van der Waals surface area contributed by atoms with Crippen LogP contribution in [0.15, 0.2) is 69.6 Å². The molecule has 1 aromatic heterocycles. The third-order valence-corrected chi connectivity index (χ3v) is 7.47. The van der Waals surface area contributed by atoms with Crippen LogP contribution in [-0.4, -0.2) is 29.1 Å². The van der Waals surface area contributed by atoms with Crippen LogP contribution in [0.2, 0.25) is 0 Å². The summed E-state index contributed by atoms with van der Waals surface area (Å²) in [5, 5.41) is 0. The first kappa shape index (κ1) is 23.9. The number of aryl methyl sites for hydroxylation is 1. The van der Waals surface area contributed by atoms with Crippen LogP contribution < -0.4 is 19.8 Å². The van der Waals surface area contributed by atoms with Crippen molar-refractivity contribution in [3.05, 3.63) is 96.2 Å². The zero-order valence-corrected chi connectivity index (χ0v) is 21.7. The summed E-state index contributed by atoms with van der Waals surface area (Å²) in [7, 11) is 0. The maximum absolute atomic E-state index is 14.0. The molecule has 0 saturated carbocycles. The maximum Gasteiger partial charge on any atom is 0.338 e. The van der Waals surface area contributed by atoms with Crippen molar-refractivity contribution in [1.82, 2.24) is 4.57 Å². The van der Waals surface area contributed by atoms with Crippen molar-refractivity contribution in [1.29, 1.82) is 0 Å². The third-order valence-electron chi connectivity index (χ3n) is 6.42. The highest BCUT2D eigenvalue weighted by Gasteiger charge is 2.37. The number of nitrogens with zero attached hydrogens (tertiary/aromatic N) is 3. The Morgan fingerprint density at radius 1 is 1.08 bits per heavy atom. The maximum atomic E-state index is 14.0. The summed E-state index contributed by atoms with van der Waals surface area (Å²) in [4.78, 5) is 47.5. The Morgan fingerprint density at radius 3 is 2.44 bits per heavy atom. The van der Waals surface area contributed by atoms with Crippen LogP contribution in [0.3, 0.4) is 0 Å². The number of fused-ring (bicyclic) bond motifs is 2. The Balaban J connectivity index is 1.81. The van der Waals surface area contributed by atoms with Crippen LogP contribution in [0.5, 0.6) is 0 Å². The van der Waals surface area contributed by atoms with E-state index in [1.807, 2.05) is 62.4 Å². The van der Waals surface area contributed by atoms with Crippen LogP contribution >= 0.6 is 11.3 Å². The van der Waals surface area contributed by atoms with E-state index in [4.69, 9.17) is 4.74 Å². The van der Waals surface area contributed by atoms with Crippen LogP contribution in [0.4, 0.5) is 5.69 Å². The van der Waals surface area contributed by atoms with Gasteiger partial charge in [0.1, 0.15) is 4.53 Å². The number of hydrogen-bond acceptors (Lipinski definition) is 6. The summed E-state index contributed by atoms with van der Waals surface area (Å²) in [6.07, 6.45) is -0.323. The van der Waals surface area contributed by atoms with Crippen molar-refractivity contribution in [3.63, 3.8) is 0 Å². The van der Waals surface area contributed by atoms with Gasteiger partial charge in [-0.25, -0.2) is 9.79 Å². The Kier molecular flexibility index (Phi) is 6.00. The molecule has 8 heteroatoms. The Bertz CT molecular complexity index is 1610. The molecule has 1 amide bonds. The third kappa shape index (κ3) is 3.73. The van der Waals surface area contributed by atoms with Gasteiger partial charge in [-0.3, -0.25) is 14.2 Å². The molecule has 2 aromatic carbocycles. The first-order valence-corrected chi connectivity index (χ1v) is 12.8. The first-order valence-electron chi connectivity index (χ1n) is 12.0. The normalized spacial score (nSPS) is 18.3. The molecule has 2 aliphatic heterocycles. The van der Waals surface area contributed by atoms with Gasteiger partial charge in [-0.05, 0) is 46.2 Å². The van der Waals surface area contributed by atoms with E-state index >= 15 is 0 Å². The number of amides is 1. The molecule has 5 rings (SSSR count). The molecule has 0 spiro atoms. The molecule has 1 atom stereocenters. The van der Waals surface area contributed by atoms with Crippen molar-refractivity contribution < 1.29 is 14.3 Å².